The first kappa shape index (κ1) is 14.3. The van der Waals surface area contributed by atoms with Crippen molar-refractivity contribution < 1.29 is 30.3 Å². The number of carboxylic acid groups (broad SMARTS) is 1. The van der Waals surface area contributed by atoms with Gasteiger partial charge in [-0.15, -0.1) is 0 Å². The molecule has 90 valence electrons. The Hall–Kier alpha value is -0.730. The number of aliphatic carboxylic acids is 1. The van der Waals surface area contributed by atoms with Gasteiger partial charge < -0.3 is 30.8 Å². The summed E-state index contributed by atoms with van der Waals surface area (Å²) in [5, 5.41) is 46.7. The molecule has 0 amide bonds. The van der Waals surface area contributed by atoms with E-state index in [1.54, 1.807) is 0 Å². The molecule has 1 unspecified atom stereocenters. The molecule has 7 heteroatoms. The summed E-state index contributed by atoms with van der Waals surface area (Å²) in [6.45, 7) is -1.67. The van der Waals surface area contributed by atoms with Crippen molar-refractivity contribution in [2.24, 2.45) is 0 Å². The highest BCUT2D eigenvalue weighted by Crippen LogP contribution is 2.02. The van der Waals surface area contributed by atoms with Crippen molar-refractivity contribution in [3.63, 3.8) is 0 Å². The first-order valence-electron chi connectivity index (χ1n) is 4.47. The minimum absolute atomic E-state index is 0.131. The fraction of sp³-hybridized carbons (Fsp3) is 0.875. The van der Waals surface area contributed by atoms with Crippen molar-refractivity contribution in [2.75, 3.05) is 26.4 Å². The van der Waals surface area contributed by atoms with Crippen molar-refractivity contribution in [2.45, 2.75) is 18.1 Å². The summed E-state index contributed by atoms with van der Waals surface area (Å²) < 4.78 is 0. The molecule has 0 aromatic carbocycles. The zero-order chi connectivity index (χ0) is 11.9. The molecule has 0 radical (unpaired) electrons. The van der Waals surface area contributed by atoms with Gasteiger partial charge in [-0.25, -0.2) is 0 Å². The number of hydrogen-bond acceptors (Lipinski definition) is 6. The van der Waals surface area contributed by atoms with Crippen LogP contribution in [0.5, 0.6) is 0 Å². The number of aliphatic hydroxyl groups is 4. The molecule has 7 nitrogen and oxygen atoms in total. The van der Waals surface area contributed by atoms with E-state index in [1.807, 2.05) is 0 Å². The van der Waals surface area contributed by atoms with Gasteiger partial charge in [-0.1, -0.05) is 0 Å². The lowest BCUT2D eigenvalue weighted by atomic mass is 10.0. The minimum Gasteiger partial charge on any atom is -0.481 e. The molecule has 0 saturated carbocycles. The number of carboxylic acids is 1. The number of aliphatic hydroxyl groups excluding tert-OH is 4. The van der Waals surface area contributed by atoms with E-state index in [2.05, 4.69) is 5.32 Å². The third-order valence-corrected chi connectivity index (χ3v) is 2.03. The van der Waals surface area contributed by atoms with E-state index < -0.39 is 43.9 Å². The summed E-state index contributed by atoms with van der Waals surface area (Å²) in [4.78, 5) is 10.2. The smallest absolute Gasteiger partial charge is 0.306 e. The van der Waals surface area contributed by atoms with Gasteiger partial charge in [0.2, 0.25) is 0 Å². The van der Waals surface area contributed by atoms with Crippen LogP contribution in [0.4, 0.5) is 0 Å². The van der Waals surface area contributed by atoms with Crippen molar-refractivity contribution in [3.05, 3.63) is 0 Å². The lowest BCUT2D eigenvalue weighted by Crippen LogP contribution is -2.56. The number of nitrogens with one attached hydrogen (secondary N) is 1. The maximum absolute atomic E-state index is 10.2. The van der Waals surface area contributed by atoms with Crippen molar-refractivity contribution in [1.29, 1.82) is 0 Å². The van der Waals surface area contributed by atoms with Crippen molar-refractivity contribution >= 4 is 5.97 Å². The largest absolute Gasteiger partial charge is 0.481 e. The molecular formula is C8H17NO6. The molecule has 0 aliphatic rings. The predicted octanol–water partition coefficient (Wildman–Crippen LogP) is -2.87. The zero-order valence-electron chi connectivity index (χ0n) is 8.26. The van der Waals surface area contributed by atoms with E-state index in [1.165, 1.54) is 0 Å². The second-order valence-corrected chi connectivity index (χ2v) is 3.39. The second kappa shape index (κ2) is 6.70. The number of carbonyl (C=O) groups is 1. The van der Waals surface area contributed by atoms with Gasteiger partial charge in [0.25, 0.3) is 0 Å². The van der Waals surface area contributed by atoms with Gasteiger partial charge in [-0.3, -0.25) is 4.79 Å². The summed E-state index contributed by atoms with van der Waals surface area (Å²) >= 11 is 0. The highest BCUT2D eigenvalue weighted by Gasteiger charge is 2.28. The third kappa shape index (κ3) is 5.05. The van der Waals surface area contributed by atoms with Crippen molar-refractivity contribution in [3.8, 4) is 0 Å². The monoisotopic (exact) mass is 223 g/mol. The number of rotatable bonds is 8. The van der Waals surface area contributed by atoms with E-state index in [0.717, 1.165) is 0 Å². The van der Waals surface area contributed by atoms with Gasteiger partial charge in [-0.05, 0) is 0 Å². The average molecular weight is 223 g/mol. The normalized spacial score (nSPS) is 13.9. The Morgan fingerprint density at radius 1 is 1.20 bits per heavy atom. The molecule has 0 aromatic rings. The first-order valence-corrected chi connectivity index (χ1v) is 4.47. The lowest BCUT2D eigenvalue weighted by Gasteiger charge is -2.29. The van der Waals surface area contributed by atoms with Crippen LogP contribution in [0.2, 0.25) is 0 Å². The Bertz CT molecular complexity index is 185. The van der Waals surface area contributed by atoms with Crippen LogP contribution in [-0.2, 0) is 4.79 Å². The molecule has 0 aromatic heterocycles. The highest BCUT2D eigenvalue weighted by atomic mass is 16.4. The van der Waals surface area contributed by atoms with E-state index >= 15 is 0 Å². The molecule has 0 aliphatic heterocycles. The van der Waals surface area contributed by atoms with Crippen LogP contribution in [0.1, 0.15) is 6.42 Å². The van der Waals surface area contributed by atoms with E-state index in [4.69, 9.17) is 20.4 Å². The van der Waals surface area contributed by atoms with E-state index in [9.17, 15) is 9.90 Å². The Labute approximate surface area is 87.0 Å². The molecule has 0 rings (SSSR count). The van der Waals surface area contributed by atoms with Crippen LogP contribution < -0.4 is 5.32 Å². The van der Waals surface area contributed by atoms with Gasteiger partial charge >= 0.3 is 5.97 Å². The van der Waals surface area contributed by atoms with Gasteiger partial charge in [0.15, 0.2) is 0 Å². The molecule has 0 saturated heterocycles. The zero-order valence-corrected chi connectivity index (χ0v) is 8.26. The molecule has 0 fully saturated rings. The molecule has 0 heterocycles. The van der Waals surface area contributed by atoms with E-state index in [0.29, 0.717) is 0 Å². The topological polar surface area (TPSA) is 130 Å². The Morgan fingerprint density at radius 3 is 2.00 bits per heavy atom. The average Bonchev–Trinajstić information content (AvgIpc) is 2.20. The van der Waals surface area contributed by atoms with Crippen LogP contribution >= 0.6 is 0 Å². The van der Waals surface area contributed by atoms with Gasteiger partial charge in [0, 0.05) is 6.54 Å². The molecular weight excluding hydrogens is 206 g/mol. The van der Waals surface area contributed by atoms with Crippen LogP contribution in [0, 0.1) is 0 Å². The molecule has 0 bridgehead atoms. The number of β-amino-alcohol motifs (C(OH)–C–C–N with tert-alkyl or cyclic N) is 1. The molecule has 15 heavy (non-hydrogen) atoms. The van der Waals surface area contributed by atoms with Gasteiger partial charge in [-0.2, -0.15) is 0 Å². The summed E-state index contributed by atoms with van der Waals surface area (Å²) in [6.07, 6.45) is -1.57. The Morgan fingerprint density at radius 2 is 1.67 bits per heavy atom. The standard InChI is InChI=1S/C8H17NO6/c10-3-8(4-11,5-12)9-2-6(13)1-7(14)15/h6,9-13H,1-5H2,(H,14,15). The van der Waals surface area contributed by atoms with Crippen molar-refractivity contribution in [1.82, 2.24) is 5.32 Å². The second-order valence-electron chi connectivity index (χ2n) is 3.39. The highest BCUT2D eigenvalue weighted by molar-refractivity contribution is 5.67. The maximum atomic E-state index is 10.2. The molecule has 0 aliphatic carbocycles. The lowest BCUT2D eigenvalue weighted by molar-refractivity contribution is -0.139. The maximum Gasteiger partial charge on any atom is 0.306 e. The SMILES string of the molecule is O=C(O)CC(O)CNC(CO)(CO)CO. The van der Waals surface area contributed by atoms with Crippen LogP contribution in [0.25, 0.3) is 0 Å². The Balaban J connectivity index is 4.04. The molecule has 1 atom stereocenters. The summed E-state index contributed by atoms with van der Waals surface area (Å²) in [5.74, 6) is -1.15. The van der Waals surface area contributed by atoms with Gasteiger partial charge in [0.1, 0.15) is 0 Å². The van der Waals surface area contributed by atoms with Crippen LogP contribution in [0.3, 0.4) is 0 Å². The number of hydrogen-bond donors (Lipinski definition) is 6. The molecule has 6 N–H and O–H groups in total. The first-order chi connectivity index (χ1) is 6.99. The van der Waals surface area contributed by atoms with Crippen LogP contribution in [-0.4, -0.2) is 69.5 Å². The summed E-state index contributed by atoms with van der Waals surface area (Å²) in [6, 6.07) is 0. The summed E-state index contributed by atoms with van der Waals surface area (Å²) in [7, 11) is 0. The Kier molecular flexibility index (Phi) is 6.37. The van der Waals surface area contributed by atoms with Crippen LogP contribution in [0.15, 0.2) is 0 Å². The quantitative estimate of drug-likeness (QED) is 0.261. The minimum atomic E-state index is -1.29. The van der Waals surface area contributed by atoms with Gasteiger partial charge in [0.05, 0.1) is 37.9 Å². The fourth-order valence-electron chi connectivity index (χ4n) is 0.926. The van der Waals surface area contributed by atoms with E-state index in [-0.39, 0.29) is 6.54 Å². The fourth-order valence-corrected chi connectivity index (χ4v) is 0.926. The predicted molar refractivity (Wildman–Crippen MR) is 50.3 cm³/mol. The molecule has 0 spiro atoms. The summed E-state index contributed by atoms with van der Waals surface area (Å²) in [5.41, 5.74) is -1.29. The third-order valence-electron chi connectivity index (χ3n) is 2.03.